The Bertz CT molecular complexity index is 1300. The molecule has 0 fully saturated rings. The van der Waals surface area contributed by atoms with Gasteiger partial charge in [0.25, 0.3) is 11.8 Å². The molecule has 4 amide bonds. The number of methoxy groups -OCH3 is 4. The second-order valence-corrected chi connectivity index (χ2v) is 8.45. The molecule has 3 rings (SSSR count). The van der Waals surface area contributed by atoms with E-state index in [1.165, 1.54) is 57.2 Å². The number of quaternary nitrogens is 1. The summed E-state index contributed by atoms with van der Waals surface area (Å²) >= 11 is 0. The van der Waals surface area contributed by atoms with Gasteiger partial charge in [-0.2, -0.15) is 4.48 Å². The first-order chi connectivity index (χ1) is 19.5. The van der Waals surface area contributed by atoms with Crippen LogP contribution in [0.2, 0.25) is 0 Å². The topological polar surface area (TPSA) is 208 Å². The van der Waals surface area contributed by atoms with E-state index in [1.54, 1.807) is 0 Å². The molecule has 2 aromatic rings. The normalized spacial score (nSPS) is 12.7. The summed E-state index contributed by atoms with van der Waals surface area (Å²) in [4.78, 5) is 53.1. The van der Waals surface area contributed by atoms with Crippen molar-refractivity contribution in [2.45, 2.75) is 0 Å². The van der Waals surface area contributed by atoms with E-state index in [0.717, 1.165) is 14.2 Å². The Kier molecular flexibility index (Phi) is 9.54. The largest absolute Gasteiger partial charge is 0.506 e. The number of hydrogen-bond acceptors (Lipinski definition) is 11. The summed E-state index contributed by atoms with van der Waals surface area (Å²) in [6.45, 7) is -0.548. The van der Waals surface area contributed by atoms with Crippen molar-refractivity contribution in [1.29, 1.82) is 0 Å². The standard InChI is InChI=1S/C25H28N6O10/c1-38-20-9-14(29-24(36)40-3)18(32)7-16(20)27-22(34)11-31(6-5-26-13-31)12-23(35)28-17-8-19(33)15(10-21(17)39-2)30-25(37)41-4/h5-10,13H,11-12H2,1-4H3,(H5-,27,28,29,30,32,33,34,35,36,37)/q+1/p+1. The number of carbonyl (C=O) groups excluding carboxylic acids is 4. The zero-order valence-electron chi connectivity index (χ0n) is 22.5. The quantitative estimate of drug-likeness (QED) is 0.179. The van der Waals surface area contributed by atoms with E-state index >= 15 is 0 Å². The number of nitrogens with zero attached hydrogens (tertiary/aromatic N) is 2. The molecule has 0 unspecified atom stereocenters. The van der Waals surface area contributed by atoms with Crippen molar-refractivity contribution < 1.29 is 52.8 Å². The van der Waals surface area contributed by atoms with Crippen molar-refractivity contribution in [3.63, 3.8) is 0 Å². The number of anilines is 4. The summed E-state index contributed by atoms with van der Waals surface area (Å²) in [5, 5.41) is 30.4. The number of rotatable bonds is 10. The number of aliphatic imine (C=N–C) groups is 1. The molecule has 0 saturated heterocycles. The summed E-state index contributed by atoms with van der Waals surface area (Å²) in [5.41, 5.74) is 0.206. The van der Waals surface area contributed by atoms with E-state index in [2.05, 4.69) is 35.7 Å². The Hall–Kier alpha value is -5.51. The van der Waals surface area contributed by atoms with Crippen LogP contribution < -0.4 is 35.7 Å². The fourth-order valence-electron chi connectivity index (χ4n) is 3.73. The molecule has 2 aromatic carbocycles. The summed E-state index contributed by atoms with van der Waals surface area (Å²) in [6, 6.07) is 4.96. The highest BCUT2D eigenvalue weighted by atomic mass is 16.5. The van der Waals surface area contributed by atoms with Crippen molar-refractivity contribution in [1.82, 2.24) is 4.99 Å². The molecule has 1 aliphatic rings. The van der Waals surface area contributed by atoms with Gasteiger partial charge in [-0.05, 0) is 0 Å². The molecule has 0 spiro atoms. The van der Waals surface area contributed by atoms with Crippen LogP contribution in [0.3, 0.4) is 0 Å². The third-order valence-corrected chi connectivity index (χ3v) is 5.65. The average molecular weight is 574 g/mol. The fourth-order valence-corrected chi connectivity index (χ4v) is 3.73. The first kappa shape index (κ1) is 30.0. The number of aromatic hydroxyl groups is 2. The maximum Gasteiger partial charge on any atom is 0.411 e. The van der Waals surface area contributed by atoms with Crippen LogP contribution in [0.5, 0.6) is 23.0 Å². The number of nitrogens with one attached hydrogen (secondary N) is 4. The molecule has 16 heteroatoms. The molecule has 217 valence electrons. The van der Waals surface area contributed by atoms with E-state index < -0.39 is 24.0 Å². The van der Waals surface area contributed by atoms with Gasteiger partial charge in [-0.25, -0.2) is 9.59 Å². The molecule has 1 aliphatic heterocycles. The first-order valence-corrected chi connectivity index (χ1v) is 11.7. The van der Waals surface area contributed by atoms with E-state index in [4.69, 9.17) is 9.47 Å². The molecule has 1 heterocycles. The van der Waals surface area contributed by atoms with E-state index in [-0.39, 0.29) is 63.3 Å². The van der Waals surface area contributed by atoms with Gasteiger partial charge in [0.2, 0.25) is 0 Å². The number of carbonyl (C=O) groups is 4. The third-order valence-electron chi connectivity index (χ3n) is 5.65. The SMILES string of the molecule is COC(=O)Nc1cc(OC)c(NC(=O)C[N+]2(CC(=O)Nc3cc(O)c(NC(=O)OC)cc3OC)C=C[N+]=C2)cc1O. The van der Waals surface area contributed by atoms with Gasteiger partial charge < -0.3 is 39.8 Å². The van der Waals surface area contributed by atoms with Crippen LogP contribution in [0.25, 0.3) is 0 Å². The predicted octanol–water partition coefficient (Wildman–Crippen LogP) is 1.71. The van der Waals surface area contributed by atoms with Gasteiger partial charge in [-0.3, -0.25) is 20.2 Å². The van der Waals surface area contributed by atoms with Crippen LogP contribution in [-0.2, 0) is 19.1 Å². The van der Waals surface area contributed by atoms with Crippen LogP contribution in [0.15, 0.2) is 36.7 Å². The van der Waals surface area contributed by atoms with Crippen LogP contribution in [0.1, 0.15) is 0 Å². The molecular weight excluding hydrogens is 544 g/mol. The van der Waals surface area contributed by atoms with Gasteiger partial charge in [0.1, 0.15) is 28.0 Å². The lowest BCUT2D eigenvalue weighted by atomic mass is 10.2. The van der Waals surface area contributed by atoms with Gasteiger partial charge in [-0.1, -0.05) is 0 Å². The molecule has 41 heavy (non-hydrogen) atoms. The molecule has 1 radical (unpaired) electrons. The Morgan fingerprint density at radius 2 is 1.15 bits per heavy atom. The van der Waals surface area contributed by atoms with Crippen LogP contribution in [0.4, 0.5) is 32.3 Å². The highest BCUT2D eigenvalue weighted by Crippen LogP contribution is 2.37. The zero-order valence-corrected chi connectivity index (χ0v) is 22.5. The van der Waals surface area contributed by atoms with Gasteiger partial charge in [0.15, 0.2) is 19.3 Å². The molecule has 0 bridgehead atoms. The highest BCUT2D eigenvalue weighted by Gasteiger charge is 2.38. The molecule has 6 N–H and O–H groups in total. The second-order valence-electron chi connectivity index (χ2n) is 8.45. The number of amides is 4. The zero-order chi connectivity index (χ0) is 30.2. The van der Waals surface area contributed by atoms with E-state index in [9.17, 15) is 29.4 Å². The monoisotopic (exact) mass is 573 g/mol. The summed E-state index contributed by atoms with van der Waals surface area (Å²) in [5.74, 6) is -1.57. The Morgan fingerprint density at radius 3 is 1.49 bits per heavy atom. The van der Waals surface area contributed by atoms with E-state index in [1.807, 2.05) is 0 Å². The Labute approximate surface area is 233 Å². The molecular formula is C25H29N6O10+2. The van der Waals surface area contributed by atoms with Gasteiger partial charge in [0, 0.05) is 24.3 Å². The molecule has 0 atom stereocenters. The second kappa shape index (κ2) is 13.0. The van der Waals surface area contributed by atoms with Crippen LogP contribution in [-0.4, -0.2) is 86.6 Å². The fraction of sp³-hybridized carbons (Fsp3) is 0.240. The third kappa shape index (κ3) is 7.54. The number of hydrogen-bond donors (Lipinski definition) is 6. The predicted molar refractivity (Wildman–Crippen MR) is 146 cm³/mol. The number of benzene rings is 2. The Morgan fingerprint density at radius 1 is 0.707 bits per heavy atom. The van der Waals surface area contributed by atoms with Crippen molar-refractivity contribution in [2.24, 2.45) is 0 Å². The number of phenolic OH excluding ortho intramolecular Hbond substituents is 2. The van der Waals surface area contributed by atoms with Crippen molar-refractivity contribution in [3.05, 3.63) is 36.7 Å². The number of ether oxygens (including phenoxy) is 4. The lowest BCUT2D eigenvalue weighted by Crippen LogP contribution is -2.50. The van der Waals surface area contributed by atoms with Gasteiger partial charge >= 0.3 is 24.7 Å². The summed E-state index contributed by atoms with van der Waals surface area (Å²) in [7, 11) is 4.99. The number of phenols is 2. The van der Waals surface area contributed by atoms with Gasteiger partial charge in [0.05, 0.1) is 51.2 Å². The average Bonchev–Trinajstić information content (AvgIpc) is 3.38. The Balaban J connectivity index is 1.74. The minimum atomic E-state index is -0.814. The summed E-state index contributed by atoms with van der Waals surface area (Å²) in [6.07, 6.45) is 2.74. The van der Waals surface area contributed by atoms with Crippen molar-refractivity contribution in [2.75, 3.05) is 62.8 Å². The lowest BCUT2D eigenvalue weighted by Gasteiger charge is -2.23. The molecule has 0 aliphatic carbocycles. The molecule has 0 saturated carbocycles. The lowest BCUT2D eigenvalue weighted by molar-refractivity contribution is -0.760. The minimum absolute atomic E-state index is 0.00273. The molecule has 16 nitrogen and oxygen atoms in total. The van der Waals surface area contributed by atoms with Crippen molar-refractivity contribution in [3.8, 4) is 23.0 Å². The van der Waals surface area contributed by atoms with E-state index in [0.29, 0.717) is 0 Å². The van der Waals surface area contributed by atoms with Crippen LogP contribution in [0, 0.1) is 0 Å². The highest BCUT2D eigenvalue weighted by molar-refractivity contribution is 5.98. The maximum atomic E-state index is 13.0. The first-order valence-electron chi connectivity index (χ1n) is 11.7. The minimum Gasteiger partial charge on any atom is -0.506 e. The smallest absolute Gasteiger partial charge is 0.411 e. The van der Waals surface area contributed by atoms with Gasteiger partial charge in [-0.15, -0.1) is 0 Å². The summed E-state index contributed by atoms with van der Waals surface area (Å²) < 4.78 is 19.2. The van der Waals surface area contributed by atoms with Crippen molar-refractivity contribution >= 4 is 53.1 Å². The maximum absolute atomic E-state index is 13.0. The van der Waals surface area contributed by atoms with Crippen LogP contribution >= 0.6 is 0 Å². The molecule has 0 aromatic heterocycles.